The Labute approximate surface area is 101 Å². The summed E-state index contributed by atoms with van der Waals surface area (Å²) in [6, 6.07) is 0. The summed E-state index contributed by atoms with van der Waals surface area (Å²) >= 11 is 0. The summed E-state index contributed by atoms with van der Waals surface area (Å²) in [7, 11) is 0. The van der Waals surface area contributed by atoms with E-state index in [9.17, 15) is 24.9 Å². The van der Waals surface area contributed by atoms with Crippen molar-refractivity contribution >= 4 is 11.8 Å². The normalized spacial score (nSPS) is 19.4. The molecule has 0 aliphatic carbocycles. The van der Waals surface area contributed by atoms with Crippen LogP contribution in [0.2, 0.25) is 0 Å². The van der Waals surface area contributed by atoms with Gasteiger partial charge in [0.25, 0.3) is 0 Å². The van der Waals surface area contributed by atoms with Crippen LogP contribution in [-0.4, -0.2) is 79.7 Å². The van der Waals surface area contributed by atoms with Crippen LogP contribution in [0.1, 0.15) is 0 Å². The number of carbonyl (C=O) groups excluding carboxylic acids is 2. The molecule has 0 aromatic rings. The molecule has 0 saturated heterocycles. The van der Waals surface area contributed by atoms with Crippen molar-refractivity contribution in [2.75, 3.05) is 13.2 Å². The third kappa shape index (κ3) is 3.87. The topological polar surface area (TPSA) is 194 Å². The first-order valence-electron chi connectivity index (χ1n) is 4.79. The summed E-state index contributed by atoms with van der Waals surface area (Å²) in [6.07, 6.45) is -6.18. The summed E-state index contributed by atoms with van der Waals surface area (Å²) in [5.74, 6) is -3.01. The van der Waals surface area contributed by atoms with Gasteiger partial charge < -0.3 is 41.7 Å². The maximum atomic E-state index is 10.9. The molecular formula is C8H16N2O8. The smallest absolute Gasteiger partial charge is 0.311 e. The lowest BCUT2D eigenvalue weighted by molar-refractivity contribution is -0.189. The van der Waals surface area contributed by atoms with Crippen LogP contribution in [0.5, 0.6) is 0 Å². The van der Waals surface area contributed by atoms with E-state index in [0.29, 0.717) is 0 Å². The highest BCUT2D eigenvalue weighted by Gasteiger charge is 2.44. The third-order valence-corrected chi connectivity index (χ3v) is 2.19. The van der Waals surface area contributed by atoms with Crippen LogP contribution in [0.25, 0.3) is 0 Å². The van der Waals surface area contributed by atoms with Gasteiger partial charge in [0.1, 0.15) is 18.3 Å². The van der Waals surface area contributed by atoms with Crippen LogP contribution in [0.4, 0.5) is 0 Å². The van der Waals surface area contributed by atoms with E-state index >= 15 is 0 Å². The fourth-order valence-corrected chi connectivity index (χ4v) is 1.07. The molecule has 10 heteroatoms. The van der Waals surface area contributed by atoms with Crippen molar-refractivity contribution in [3.8, 4) is 0 Å². The SMILES string of the molecule is NC(=O)C(=O)N[C@@](O)(CO)[C@@H](O)[C@H](O)[C@H](O)CO. The Balaban J connectivity index is 4.92. The van der Waals surface area contributed by atoms with Crippen LogP contribution >= 0.6 is 0 Å². The van der Waals surface area contributed by atoms with Crippen molar-refractivity contribution in [3.05, 3.63) is 0 Å². The molecule has 0 heterocycles. The summed E-state index contributed by atoms with van der Waals surface area (Å²) in [5, 5.41) is 56.3. The zero-order valence-electron chi connectivity index (χ0n) is 9.22. The van der Waals surface area contributed by atoms with Gasteiger partial charge in [0.05, 0.1) is 13.2 Å². The van der Waals surface area contributed by atoms with Crippen LogP contribution in [0.15, 0.2) is 0 Å². The van der Waals surface area contributed by atoms with E-state index in [1.54, 1.807) is 0 Å². The first kappa shape index (κ1) is 16.7. The Kier molecular flexibility index (Phi) is 6.11. The summed E-state index contributed by atoms with van der Waals surface area (Å²) in [4.78, 5) is 21.4. The molecule has 0 aromatic carbocycles. The number of hydrogen-bond donors (Lipinski definition) is 8. The van der Waals surface area contributed by atoms with Gasteiger partial charge in [-0.25, -0.2) is 0 Å². The number of hydrogen-bond acceptors (Lipinski definition) is 8. The molecular weight excluding hydrogens is 252 g/mol. The number of carbonyl (C=O) groups is 2. The van der Waals surface area contributed by atoms with Gasteiger partial charge in [-0.05, 0) is 0 Å². The molecule has 18 heavy (non-hydrogen) atoms. The van der Waals surface area contributed by atoms with Crippen LogP contribution < -0.4 is 11.1 Å². The van der Waals surface area contributed by atoms with Crippen molar-refractivity contribution in [2.45, 2.75) is 24.0 Å². The Morgan fingerprint density at radius 1 is 1.22 bits per heavy atom. The monoisotopic (exact) mass is 268 g/mol. The number of aliphatic hydroxyl groups excluding tert-OH is 5. The van der Waals surface area contributed by atoms with Gasteiger partial charge in [-0.15, -0.1) is 0 Å². The number of rotatable bonds is 6. The van der Waals surface area contributed by atoms with Crippen molar-refractivity contribution in [1.29, 1.82) is 0 Å². The first-order valence-corrected chi connectivity index (χ1v) is 4.79. The van der Waals surface area contributed by atoms with Gasteiger partial charge in [0.15, 0.2) is 5.72 Å². The zero-order valence-corrected chi connectivity index (χ0v) is 9.22. The van der Waals surface area contributed by atoms with Gasteiger partial charge in [0, 0.05) is 0 Å². The molecule has 0 rings (SSSR count). The molecule has 0 aliphatic rings. The van der Waals surface area contributed by atoms with Crippen LogP contribution in [0.3, 0.4) is 0 Å². The molecule has 0 fully saturated rings. The number of nitrogens with two attached hydrogens (primary N) is 1. The Hall–Kier alpha value is -1.30. The molecule has 0 saturated carbocycles. The van der Waals surface area contributed by atoms with E-state index in [1.165, 1.54) is 5.32 Å². The van der Waals surface area contributed by atoms with Crippen molar-refractivity contribution in [2.24, 2.45) is 5.73 Å². The van der Waals surface area contributed by atoms with Gasteiger partial charge >= 0.3 is 11.8 Å². The Bertz CT molecular complexity index is 311. The minimum Gasteiger partial charge on any atom is -0.394 e. The molecule has 2 amide bonds. The summed E-state index contributed by atoms with van der Waals surface area (Å²) < 4.78 is 0. The van der Waals surface area contributed by atoms with Gasteiger partial charge in [0.2, 0.25) is 0 Å². The molecule has 0 radical (unpaired) electrons. The molecule has 0 aromatic heterocycles. The molecule has 10 nitrogen and oxygen atoms in total. The van der Waals surface area contributed by atoms with E-state index in [0.717, 1.165) is 0 Å². The number of nitrogens with one attached hydrogen (secondary N) is 1. The second-order valence-corrected chi connectivity index (χ2v) is 3.59. The Morgan fingerprint density at radius 2 is 1.72 bits per heavy atom. The maximum Gasteiger partial charge on any atom is 0.311 e. The lowest BCUT2D eigenvalue weighted by atomic mass is 9.98. The van der Waals surface area contributed by atoms with Gasteiger partial charge in [-0.1, -0.05) is 0 Å². The second kappa shape index (κ2) is 6.58. The summed E-state index contributed by atoms with van der Waals surface area (Å²) in [5.41, 5.74) is 1.78. The van der Waals surface area contributed by atoms with E-state index in [1.807, 2.05) is 0 Å². The van der Waals surface area contributed by atoms with Crippen LogP contribution in [0, 0.1) is 0 Å². The average molecular weight is 268 g/mol. The highest BCUT2D eigenvalue weighted by molar-refractivity contribution is 6.34. The number of amides is 2. The zero-order chi connectivity index (χ0) is 14.5. The van der Waals surface area contributed by atoms with Gasteiger partial charge in [-0.2, -0.15) is 0 Å². The Morgan fingerprint density at radius 3 is 2.06 bits per heavy atom. The predicted octanol–water partition coefficient (Wildman–Crippen LogP) is -5.66. The van der Waals surface area contributed by atoms with E-state index in [4.69, 9.17) is 15.3 Å². The fraction of sp³-hybridized carbons (Fsp3) is 0.750. The molecule has 0 bridgehead atoms. The van der Waals surface area contributed by atoms with E-state index in [-0.39, 0.29) is 0 Å². The molecule has 0 unspecified atom stereocenters. The third-order valence-electron chi connectivity index (χ3n) is 2.19. The summed E-state index contributed by atoms with van der Waals surface area (Å²) in [6.45, 7) is -2.22. The maximum absolute atomic E-state index is 10.9. The van der Waals surface area contributed by atoms with E-state index in [2.05, 4.69) is 5.73 Å². The minimum absolute atomic E-state index is 0.941. The standard InChI is InChI=1S/C8H16N2O8/c9-6(16)7(17)10-8(18,2-12)5(15)4(14)3(13)1-11/h3-5,11-15,18H,1-2H2,(H2,9,16)(H,10,17)/t3-,4-,5+,8-/m1/s1. The molecule has 0 spiro atoms. The quantitative estimate of drug-likeness (QED) is 0.172. The van der Waals surface area contributed by atoms with Crippen LogP contribution in [-0.2, 0) is 9.59 Å². The first-order chi connectivity index (χ1) is 8.19. The second-order valence-electron chi connectivity index (χ2n) is 3.59. The number of aliphatic hydroxyl groups is 6. The highest BCUT2D eigenvalue weighted by Crippen LogP contribution is 2.13. The largest absolute Gasteiger partial charge is 0.394 e. The predicted molar refractivity (Wildman–Crippen MR) is 54.5 cm³/mol. The minimum atomic E-state index is -2.80. The fourth-order valence-electron chi connectivity index (χ4n) is 1.07. The molecule has 106 valence electrons. The van der Waals surface area contributed by atoms with E-state index < -0.39 is 49.1 Å². The van der Waals surface area contributed by atoms with Crippen molar-refractivity contribution in [3.63, 3.8) is 0 Å². The number of primary amides is 1. The molecule has 9 N–H and O–H groups in total. The van der Waals surface area contributed by atoms with Gasteiger partial charge in [-0.3, -0.25) is 9.59 Å². The average Bonchev–Trinajstić information content (AvgIpc) is 2.35. The lowest BCUT2D eigenvalue weighted by Gasteiger charge is -2.35. The van der Waals surface area contributed by atoms with Crippen molar-refractivity contribution in [1.82, 2.24) is 5.32 Å². The molecule has 0 aliphatic heterocycles. The lowest BCUT2D eigenvalue weighted by Crippen LogP contribution is -2.66. The highest BCUT2D eigenvalue weighted by atomic mass is 16.4. The molecule has 4 atom stereocenters. The van der Waals surface area contributed by atoms with Crippen molar-refractivity contribution < 1.29 is 40.2 Å².